The molecule has 1 heterocycles. The van der Waals surface area contributed by atoms with Gasteiger partial charge in [0.2, 0.25) is 5.91 Å². The zero-order chi connectivity index (χ0) is 26.7. The highest BCUT2D eigenvalue weighted by Crippen LogP contribution is 2.23. The quantitative estimate of drug-likeness (QED) is 0.179. The number of nitrogens with zero attached hydrogens (tertiary/aromatic N) is 1. The molecule has 1 fully saturated rings. The van der Waals surface area contributed by atoms with Crippen LogP contribution in [0.5, 0.6) is 5.75 Å². The van der Waals surface area contributed by atoms with Gasteiger partial charge in [-0.15, -0.1) is 0 Å². The Morgan fingerprint density at radius 3 is 2.16 bits per heavy atom. The molecule has 7 heteroatoms. The number of nitrogens with one attached hydrogen (secondary N) is 1. The van der Waals surface area contributed by atoms with Crippen molar-refractivity contribution in [3.63, 3.8) is 0 Å². The lowest BCUT2D eigenvalue weighted by atomic mass is 10.1. The summed E-state index contributed by atoms with van der Waals surface area (Å²) < 4.78 is 11.3. The number of amides is 2. The summed E-state index contributed by atoms with van der Waals surface area (Å²) in [6.07, 6.45) is 15.0. The van der Waals surface area contributed by atoms with Crippen molar-refractivity contribution in [2.45, 2.75) is 110 Å². The first kappa shape index (κ1) is 30.7. The lowest BCUT2D eigenvalue weighted by Gasteiger charge is -2.34. The van der Waals surface area contributed by atoms with E-state index in [2.05, 4.69) is 19.2 Å². The summed E-state index contributed by atoms with van der Waals surface area (Å²) in [6, 6.07) is 6.22. The van der Waals surface area contributed by atoms with E-state index < -0.39 is 12.0 Å². The average molecular weight is 517 g/mol. The normalized spacial score (nSPS) is 15.4. The van der Waals surface area contributed by atoms with Crippen LogP contribution >= 0.6 is 0 Å². The number of para-hydroxylation sites is 1. The summed E-state index contributed by atoms with van der Waals surface area (Å²) in [5, 5.41) is 2.78. The molecule has 0 spiro atoms. The van der Waals surface area contributed by atoms with Gasteiger partial charge in [-0.3, -0.25) is 14.4 Å². The van der Waals surface area contributed by atoms with Crippen LogP contribution in [0.15, 0.2) is 24.3 Å². The molecule has 1 aromatic rings. The molecule has 7 nitrogen and oxygen atoms in total. The van der Waals surface area contributed by atoms with Crippen molar-refractivity contribution in [2.24, 2.45) is 0 Å². The predicted octanol–water partition coefficient (Wildman–Crippen LogP) is 6.05. The van der Waals surface area contributed by atoms with Gasteiger partial charge in [-0.05, 0) is 25.0 Å². The number of ether oxygens (including phenoxy) is 2. The molecule has 0 radical (unpaired) electrons. The Hall–Kier alpha value is -2.57. The van der Waals surface area contributed by atoms with Gasteiger partial charge in [0.05, 0.1) is 25.2 Å². The van der Waals surface area contributed by atoms with E-state index in [-0.39, 0.29) is 18.2 Å². The van der Waals surface area contributed by atoms with E-state index in [9.17, 15) is 14.4 Å². The first-order valence-corrected chi connectivity index (χ1v) is 14.5. The highest BCUT2D eigenvalue weighted by molar-refractivity contribution is 6.01. The maximum absolute atomic E-state index is 13.4. The van der Waals surface area contributed by atoms with Gasteiger partial charge in [0.25, 0.3) is 5.91 Å². The third kappa shape index (κ3) is 11.6. The summed E-state index contributed by atoms with van der Waals surface area (Å²) in [7, 11) is 0. The molecule has 0 bridgehead atoms. The van der Waals surface area contributed by atoms with E-state index in [0.717, 1.165) is 38.5 Å². The minimum Gasteiger partial charge on any atom is -0.493 e. The van der Waals surface area contributed by atoms with Crippen LogP contribution in [-0.2, 0) is 14.3 Å². The molecule has 1 unspecified atom stereocenters. The second-order valence-corrected chi connectivity index (χ2v) is 9.96. The summed E-state index contributed by atoms with van der Waals surface area (Å²) in [4.78, 5) is 40.0. The van der Waals surface area contributed by atoms with Gasteiger partial charge in [-0.1, -0.05) is 96.6 Å². The monoisotopic (exact) mass is 516 g/mol. The zero-order valence-electron chi connectivity index (χ0n) is 23.1. The molecule has 0 aromatic heterocycles. The molecule has 1 aliphatic heterocycles. The van der Waals surface area contributed by atoms with Crippen LogP contribution in [0.3, 0.4) is 0 Å². The summed E-state index contributed by atoms with van der Waals surface area (Å²) >= 11 is 0. The van der Waals surface area contributed by atoms with Gasteiger partial charge >= 0.3 is 5.97 Å². The number of unbranched alkanes of at least 4 members (excludes halogenated alkanes) is 11. The Balaban J connectivity index is 1.78. The number of carbonyl (C=O) groups is 3. The van der Waals surface area contributed by atoms with Crippen LogP contribution in [-0.4, -0.2) is 55.0 Å². The first-order chi connectivity index (χ1) is 18.1. The zero-order valence-corrected chi connectivity index (χ0v) is 23.1. The highest BCUT2D eigenvalue weighted by Gasteiger charge is 2.36. The molecule has 2 rings (SSSR count). The fourth-order valence-corrected chi connectivity index (χ4v) is 4.61. The van der Waals surface area contributed by atoms with Gasteiger partial charge < -0.3 is 19.7 Å². The van der Waals surface area contributed by atoms with Crippen LogP contribution in [0.1, 0.15) is 114 Å². The summed E-state index contributed by atoms with van der Waals surface area (Å²) in [6.45, 7) is 5.94. The van der Waals surface area contributed by atoms with Crippen LogP contribution in [0.2, 0.25) is 0 Å². The fraction of sp³-hybridized carbons (Fsp3) is 0.700. The molecule has 208 valence electrons. The number of carbonyl (C=O) groups excluding carboxylic acids is 3. The predicted molar refractivity (Wildman–Crippen MR) is 147 cm³/mol. The van der Waals surface area contributed by atoms with Crippen LogP contribution in [0, 0.1) is 0 Å². The lowest BCUT2D eigenvalue weighted by Crippen LogP contribution is -2.57. The van der Waals surface area contributed by atoms with E-state index in [1.54, 1.807) is 18.2 Å². The van der Waals surface area contributed by atoms with Crippen molar-refractivity contribution in [3.8, 4) is 5.75 Å². The van der Waals surface area contributed by atoms with Crippen LogP contribution in [0.4, 0.5) is 0 Å². The third-order valence-electron chi connectivity index (χ3n) is 6.84. The standard InChI is InChI=1S/C30H48N2O5/c1-3-5-7-8-9-10-11-12-13-17-23-37-28(33)24-26-29(34)31-20-21-32(26)30(35)25-18-14-15-19-27(25)36-22-16-6-4-2/h14-15,18-19,26H,3-13,16-17,20-24H2,1-2H3,(H,31,34). The first-order valence-electron chi connectivity index (χ1n) is 14.5. The molecule has 0 aliphatic carbocycles. The molecule has 37 heavy (non-hydrogen) atoms. The van der Waals surface area contributed by atoms with Crippen molar-refractivity contribution in [1.29, 1.82) is 0 Å². The molecular formula is C30H48N2O5. The maximum Gasteiger partial charge on any atom is 0.308 e. The minimum atomic E-state index is -0.880. The summed E-state index contributed by atoms with van der Waals surface area (Å²) in [5.74, 6) is -0.554. The van der Waals surface area contributed by atoms with Gasteiger partial charge in [0.1, 0.15) is 11.8 Å². The van der Waals surface area contributed by atoms with Crippen molar-refractivity contribution >= 4 is 17.8 Å². The molecular weight excluding hydrogens is 468 g/mol. The minimum absolute atomic E-state index is 0.144. The van der Waals surface area contributed by atoms with E-state index in [4.69, 9.17) is 9.47 Å². The number of hydrogen-bond acceptors (Lipinski definition) is 5. The number of piperazine rings is 1. The van der Waals surface area contributed by atoms with Gasteiger partial charge in [-0.25, -0.2) is 0 Å². The second kappa shape index (κ2) is 18.6. The second-order valence-electron chi connectivity index (χ2n) is 9.96. The summed E-state index contributed by atoms with van der Waals surface area (Å²) in [5.41, 5.74) is 0.414. The Labute approximate surface area is 223 Å². The topological polar surface area (TPSA) is 84.9 Å². The number of benzene rings is 1. The number of esters is 1. The smallest absolute Gasteiger partial charge is 0.308 e. The maximum atomic E-state index is 13.4. The van der Waals surface area contributed by atoms with E-state index >= 15 is 0 Å². The third-order valence-corrected chi connectivity index (χ3v) is 6.84. The molecule has 1 saturated heterocycles. The average Bonchev–Trinajstić information content (AvgIpc) is 2.90. The number of rotatable bonds is 19. The van der Waals surface area contributed by atoms with E-state index in [1.807, 2.05) is 6.07 Å². The lowest BCUT2D eigenvalue weighted by molar-refractivity contribution is -0.147. The SMILES string of the molecule is CCCCCCCCCCCCOC(=O)CC1C(=O)NCCN1C(=O)c1ccccc1OCCCCC. The van der Waals surface area contributed by atoms with Crippen LogP contribution in [0.25, 0.3) is 0 Å². The molecule has 1 N–H and O–H groups in total. The Bertz CT molecular complexity index is 813. The highest BCUT2D eigenvalue weighted by atomic mass is 16.5. The van der Waals surface area contributed by atoms with Gasteiger partial charge in [0.15, 0.2) is 0 Å². The molecule has 1 atom stereocenters. The molecule has 2 amide bonds. The fourth-order valence-electron chi connectivity index (χ4n) is 4.61. The largest absolute Gasteiger partial charge is 0.493 e. The molecule has 1 aromatic carbocycles. The van der Waals surface area contributed by atoms with Crippen molar-refractivity contribution in [1.82, 2.24) is 10.2 Å². The molecule has 1 aliphatic rings. The van der Waals surface area contributed by atoms with E-state index in [1.165, 1.54) is 49.8 Å². The van der Waals surface area contributed by atoms with Gasteiger partial charge in [-0.2, -0.15) is 0 Å². The van der Waals surface area contributed by atoms with Crippen molar-refractivity contribution in [2.75, 3.05) is 26.3 Å². The van der Waals surface area contributed by atoms with Crippen LogP contribution < -0.4 is 10.1 Å². The van der Waals surface area contributed by atoms with Gasteiger partial charge in [0, 0.05) is 13.1 Å². The Morgan fingerprint density at radius 1 is 0.865 bits per heavy atom. The molecule has 0 saturated carbocycles. The van der Waals surface area contributed by atoms with Crippen molar-refractivity contribution in [3.05, 3.63) is 29.8 Å². The van der Waals surface area contributed by atoms with Crippen molar-refractivity contribution < 1.29 is 23.9 Å². The number of hydrogen-bond donors (Lipinski definition) is 1. The van der Waals surface area contributed by atoms with E-state index in [0.29, 0.717) is 37.6 Å². The Kier molecular flexibility index (Phi) is 15.4. The Morgan fingerprint density at radius 2 is 1.46 bits per heavy atom.